The van der Waals surface area contributed by atoms with E-state index in [1.807, 2.05) is 54.1 Å². The summed E-state index contributed by atoms with van der Waals surface area (Å²) in [6.45, 7) is 2.60. The molecule has 1 heterocycles. The molecule has 2 aromatic carbocycles. The van der Waals surface area contributed by atoms with E-state index in [-0.39, 0.29) is 12.5 Å². The normalized spacial score (nSPS) is 10.8. The van der Waals surface area contributed by atoms with Gasteiger partial charge in [-0.15, -0.1) is 0 Å². The second-order valence-electron chi connectivity index (χ2n) is 6.33. The predicted octanol–water partition coefficient (Wildman–Crippen LogP) is 2.88. The van der Waals surface area contributed by atoms with E-state index in [0.717, 1.165) is 29.0 Å². The Morgan fingerprint density at radius 2 is 2.04 bits per heavy atom. The highest BCUT2D eigenvalue weighted by molar-refractivity contribution is 5.78. The van der Waals surface area contributed by atoms with Crippen molar-refractivity contribution in [2.45, 2.75) is 19.8 Å². The van der Waals surface area contributed by atoms with Crippen LogP contribution in [0.4, 0.5) is 0 Å². The molecule has 1 aromatic heterocycles. The second-order valence-corrected chi connectivity index (χ2v) is 6.33. The van der Waals surface area contributed by atoms with Gasteiger partial charge in [0.15, 0.2) is 6.61 Å². The number of aryl methyl sites for hydroxylation is 2. The molecule has 0 aliphatic heterocycles. The highest BCUT2D eigenvalue weighted by Gasteiger charge is 2.09. The molecule has 1 amide bonds. The van der Waals surface area contributed by atoms with Crippen molar-refractivity contribution in [1.29, 1.82) is 0 Å². The molecule has 0 saturated carbocycles. The van der Waals surface area contributed by atoms with Crippen LogP contribution in [0.15, 0.2) is 42.5 Å². The molecule has 0 atom stereocenters. The summed E-state index contributed by atoms with van der Waals surface area (Å²) < 4.78 is 12.8. The van der Waals surface area contributed by atoms with E-state index in [1.54, 1.807) is 7.11 Å². The van der Waals surface area contributed by atoms with Gasteiger partial charge in [0.05, 0.1) is 18.1 Å². The van der Waals surface area contributed by atoms with Gasteiger partial charge in [0.1, 0.15) is 17.3 Å². The Hall–Kier alpha value is -3.02. The first-order valence-electron chi connectivity index (χ1n) is 9.08. The minimum atomic E-state index is -0.141. The molecule has 0 unspecified atom stereocenters. The first-order valence-corrected chi connectivity index (χ1v) is 9.08. The van der Waals surface area contributed by atoms with Gasteiger partial charge in [-0.1, -0.05) is 19.1 Å². The third kappa shape index (κ3) is 4.58. The van der Waals surface area contributed by atoms with Crippen LogP contribution in [0.1, 0.15) is 18.3 Å². The molecule has 0 aliphatic rings. The fourth-order valence-corrected chi connectivity index (χ4v) is 2.95. The lowest BCUT2D eigenvalue weighted by atomic mass is 10.2. The topological polar surface area (TPSA) is 65.4 Å². The fourth-order valence-electron chi connectivity index (χ4n) is 2.95. The molecule has 27 heavy (non-hydrogen) atoms. The number of nitrogens with zero attached hydrogens (tertiary/aromatic N) is 2. The number of nitrogens with one attached hydrogen (secondary N) is 1. The maximum atomic E-state index is 12.0. The third-order valence-electron chi connectivity index (χ3n) is 4.53. The molecular formula is C21H25N3O3. The Bertz CT molecular complexity index is 934. The monoisotopic (exact) mass is 367 g/mol. The molecule has 6 nitrogen and oxygen atoms in total. The van der Waals surface area contributed by atoms with Crippen molar-refractivity contribution in [3.63, 3.8) is 0 Å². The van der Waals surface area contributed by atoms with Crippen LogP contribution in [-0.2, 0) is 24.7 Å². The number of amides is 1. The van der Waals surface area contributed by atoms with Gasteiger partial charge in [0, 0.05) is 26.1 Å². The molecule has 3 rings (SSSR count). The van der Waals surface area contributed by atoms with E-state index < -0.39 is 0 Å². The van der Waals surface area contributed by atoms with Crippen LogP contribution in [0.3, 0.4) is 0 Å². The van der Waals surface area contributed by atoms with Gasteiger partial charge in [-0.25, -0.2) is 4.98 Å². The Morgan fingerprint density at radius 3 is 2.81 bits per heavy atom. The summed E-state index contributed by atoms with van der Waals surface area (Å²) >= 11 is 0. The molecule has 0 fully saturated rings. The summed E-state index contributed by atoms with van der Waals surface area (Å²) in [5.74, 6) is 2.27. The molecule has 0 saturated heterocycles. The van der Waals surface area contributed by atoms with Crippen molar-refractivity contribution in [1.82, 2.24) is 14.9 Å². The highest BCUT2D eigenvalue weighted by Crippen LogP contribution is 2.21. The quantitative estimate of drug-likeness (QED) is 0.665. The zero-order valence-electron chi connectivity index (χ0n) is 16.0. The molecule has 6 heteroatoms. The van der Waals surface area contributed by atoms with Gasteiger partial charge in [-0.3, -0.25) is 4.79 Å². The number of carbonyl (C=O) groups excluding carboxylic acids is 1. The lowest BCUT2D eigenvalue weighted by Crippen LogP contribution is -2.31. The second kappa shape index (κ2) is 8.58. The van der Waals surface area contributed by atoms with Gasteiger partial charge in [-0.05, 0) is 36.2 Å². The zero-order chi connectivity index (χ0) is 19.2. The van der Waals surface area contributed by atoms with Gasteiger partial charge in [0.25, 0.3) is 5.91 Å². The molecule has 0 radical (unpaired) electrons. The number of rotatable bonds is 8. The summed E-state index contributed by atoms with van der Waals surface area (Å²) in [6.07, 6.45) is 1.58. The Labute approximate surface area is 159 Å². The van der Waals surface area contributed by atoms with Crippen molar-refractivity contribution in [2.24, 2.45) is 7.05 Å². The van der Waals surface area contributed by atoms with Crippen LogP contribution in [0.25, 0.3) is 11.0 Å². The first kappa shape index (κ1) is 18.8. The van der Waals surface area contributed by atoms with Crippen LogP contribution in [0.5, 0.6) is 11.5 Å². The Morgan fingerprint density at radius 1 is 1.19 bits per heavy atom. The van der Waals surface area contributed by atoms with Gasteiger partial charge in [0.2, 0.25) is 0 Å². The first-order chi connectivity index (χ1) is 13.1. The van der Waals surface area contributed by atoms with E-state index in [4.69, 9.17) is 9.47 Å². The van der Waals surface area contributed by atoms with Crippen LogP contribution >= 0.6 is 0 Å². The van der Waals surface area contributed by atoms with Crippen LogP contribution < -0.4 is 14.8 Å². The fraction of sp³-hybridized carbons (Fsp3) is 0.333. The van der Waals surface area contributed by atoms with E-state index >= 15 is 0 Å². The lowest BCUT2D eigenvalue weighted by molar-refractivity contribution is -0.123. The van der Waals surface area contributed by atoms with Crippen molar-refractivity contribution in [3.8, 4) is 11.5 Å². The largest absolute Gasteiger partial charge is 0.497 e. The molecule has 0 spiro atoms. The van der Waals surface area contributed by atoms with Crippen molar-refractivity contribution < 1.29 is 14.3 Å². The third-order valence-corrected chi connectivity index (χ3v) is 4.53. The number of imidazole rings is 1. The lowest BCUT2D eigenvalue weighted by Gasteiger charge is -2.08. The van der Waals surface area contributed by atoms with Crippen LogP contribution in [0.2, 0.25) is 0 Å². The molecule has 1 N–H and O–H groups in total. The van der Waals surface area contributed by atoms with Gasteiger partial charge in [-0.2, -0.15) is 0 Å². The average Bonchev–Trinajstić information content (AvgIpc) is 3.01. The maximum absolute atomic E-state index is 12.0. The molecular weight excluding hydrogens is 342 g/mol. The van der Waals surface area contributed by atoms with E-state index in [1.165, 1.54) is 5.56 Å². The molecule has 3 aromatic rings. The number of methoxy groups -OCH3 is 1. The number of aromatic nitrogens is 2. The van der Waals surface area contributed by atoms with Crippen LogP contribution in [-0.4, -0.2) is 35.7 Å². The number of ether oxygens (including phenoxy) is 2. The minimum absolute atomic E-state index is 0.00685. The van der Waals surface area contributed by atoms with Crippen molar-refractivity contribution in [3.05, 3.63) is 53.9 Å². The van der Waals surface area contributed by atoms with E-state index in [9.17, 15) is 4.79 Å². The SMILES string of the molecule is CCc1cccc(OCC(=O)NCCc2nc3cc(OC)ccc3n2C)c1. The van der Waals surface area contributed by atoms with E-state index in [2.05, 4.69) is 17.2 Å². The molecule has 0 aliphatic carbocycles. The summed E-state index contributed by atoms with van der Waals surface area (Å²) in [4.78, 5) is 16.7. The number of carbonyl (C=O) groups is 1. The highest BCUT2D eigenvalue weighted by atomic mass is 16.5. The van der Waals surface area contributed by atoms with Gasteiger partial charge < -0.3 is 19.4 Å². The number of hydrogen-bond acceptors (Lipinski definition) is 4. The zero-order valence-corrected chi connectivity index (χ0v) is 16.0. The van der Waals surface area contributed by atoms with E-state index in [0.29, 0.717) is 18.7 Å². The maximum Gasteiger partial charge on any atom is 0.257 e. The summed E-state index contributed by atoms with van der Waals surface area (Å²) in [7, 11) is 3.61. The minimum Gasteiger partial charge on any atom is -0.497 e. The number of benzene rings is 2. The van der Waals surface area contributed by atoms with Gasteiger partial charge >= 0.3 is 0 Å². The summed E-state index contributed by atoms with van der Waals surface area (Å²) in [6, 6.07) is 13.6. The van der Waals surface area contributed by atoms with Crippen molar-refractivity contribution >= 4 is 16.9 Å². The molecule has 142 valence electrons. The summed E-state index contributed by atoms with van der Waals surface area (Å²) in [5, 5.41) is 2.88. The molecule has 0 bridgehead atoms. The number of fused-ring (bicyclic) bond motifs is 1. The Balaban J connectivity index is 1.51. The average molecular weight is 367 g/mol. The summed E-state index contributed by atoms with van der Waals surface area (Å²) in [5.41, 5.74) is 3.11. The van der Waals surface area contributed by atoms with Crippen molar-refractivity contribution in [2.75, 3.05) is 20.3 Å². The Kier molecular flexibility index (Phi) is 5.96. The smallest absolute Gasteiger partial charge is 0.257 e. The number of hydrogen-bond donors (Lipinski definition) is 1. The van der Waals surface area contributed by atoms with Crippen LogP contribution in [0, 0.1) is 0 Å². The standard InChI is InChI=1S/C21H25N3O3/c1-4-15-6-5-7-17(12-15)27-14-21(25)22-11-10-20-23-18-13-16(26-3)8-9-19(18)24(20)2/h5-9,12-13H,4,10-11,14H2,1-3H3,(H,22,25). The predicted molar refractivity (Wildman–Crippen MR) is 105 cm³/mol.